The third kappa shape index (κ3) is 2.42. The third-order valence-corrected chi connectivity index (χ3v) is 4.86. The maximum absolute atomic E-state index is 5.36. The fraction of sp³-hybridized carbons (Fsp3) is 0.385. The van der Waals surface area contributed by atoms with Gasteiger partial charge in [0, 0.05) is 18.8 Å². The van der Waals surface area contributed by atoms with Gasteiger partial charge in [-0.1, -0.05) is 18.2 Å². The largest absolute Gasteiger partial charge is 0.340 e. The van der Waals surface area contributed by atoms with E-state index >= 15 is 0 Å². The predicted molar refractivity (Wildman–Crippen MR) is 82.9 cm³/mol. The molecule has 3 rings (SSSR count). The smallest absolute Gasteiger partial charge is 0.230 e. The molecule has 0 saturated carbocycles. The topological polar surface area (TPSA) is 36.9 Å². The van der Waals surface area contributed by atoms with Crippen LogP contribution >= 0.6 is 24.0 Å². The first-order chi connectivity index (χ1) is 9.27. The van der Waals surface area contributed by atoms with Gasteiger partial charge in [-0.3, -0.25) is 4.57 Å². The first-order valence-electron chi connectivity index (χ1n) is 6.31. The molecule has 0 aliphatic carbocycles. The summed E-state index contributed by atoms with van der Waals surface area (Å²) in [6.45, 7) is 0. The second kappa shape index (κ2) is 5.38. The highest BCUT2D eigenvalue weighted by molar-refractivity contribution is 7.99. The van der Waals surface area contributed by atoms with Crippen LogP contribution in [0.2, 0.25) is 0 Å². The molecule has 1 atom stereocenters. The lowest BCUT2D eigenvalue weighted by Gasteiger charge is -2.24. The summed E-state index contributed by atoms with van der Waals surface area (Å²) in [4.78, 5) is 2.24. The van der Waals surface area contributed by atoms with Crippen molar-refractivity contribution in [1.29, 1.82) is 0 Å². The quantitative estimate of drug-likeness (QED) is 0.883. The lowest BCUT2D eigenvalue weighted by molar-refractivity contribution is 0.675. The minimum absolute atomic E-state index is 0.540. The van der Waals surface area contributed by atoms with E-state index in [0.717, 1.165) is 17.4 Å². The number of aromatic amines is 1. The molecule has 6 heteroatoms. The van der Waals surface area contributed by atoms with Gasteiger partial charge in [-0.15, -0.1) is 5.10 Å². The summed E-state index contributed by atoms with van der Waals surface area (Å²) in [5.74, 6) is 3.28. The molecule has 0 radical (unpaired) electrons. The van der Waals surface area contributed by atoms with E-state index < -0.39 is 0 Å². The van der Waals surface area contributed by atoms with Crippen molar-refractivity contribution in [3.8, 4) is 5.69 Å². The van der Waals surface area contributed by atoms with Gasteiger partial charge in [0.1, 0.15) is 0 Å². The van der Waals surface area contributed by atoms with Gasteiger partial charge in [0.05, 0.1) is 5.69 Å². The minimum Gasteiger partial charge on any atom is -0.340 e. The van der Waals surface area contributed by atoms with E-state index in [9.17, 15) is 0 Å². The molecule has 1 aromatic heterocycles. The van der Waals surface area contributed by atoms with Crippen LogP contribution < -0.4 is 4.90 Å². The van der Waals surface area contributed by atoms with Gasteiger partial charge in [0.25, 0.3) is 0 Å². The number of benzene rings is 1. The summed E-state index contributed by atoms with van der Waals surface area (Å²) in [6, 6.07) is 10.7. The van der Waals surface area contributed by atoms with Crippen molar-refractivity contribution >= 4 is 29.9 Å². The SMILES string of the molecule is CN(c1n[nH]c(=S)n1-c1ccccc1)C1CCSC1. The first kappa shape index (κ1) is 12.7. The summed E-state index contributed by atoms with van der Waals surface area (Å²) < 4.78 is 2.64. The summed E-state index contributed by atoms with van der Waals surface area (Å²) in [5, 5.41) is 7.31. The maximum atomic E-state index is 5.36. The van der Waals surface area contributed by atoms with E-state index in [0.29, 0.717) is 10.8 Å². The fourth-order valence-electron chi connectivity index (χ4n) is 2.33. The van der Waals surface area contributed by atoms with E-state index in [4.69, 9.17) is 12.2 Å². The van der Waals surface area contributed by atoms with Crippen molar-refractivity contribution in [2.45, 2.75) is 12.5 Å². The molecule has 2 heterocycles. The number of anilines is 1. The molecular weight excluding hydrogens is 276 g/mol. The second-order valence-electron chi connectivity index (χ2n) is 4.63. The van der Waals surface area contributed by atoms with Gasteiger partial charge in [-0.05, 0) is 36.5 Å². The first-order valence-corrected chi connectivity index (χ1v) is 7.87. The molecule has 1 fully saturated rings. The second-order valence-corrected chi connectivity index (χ2v) is 6.16. The number of nitrogens with one attached hydrogen (secondary N) is 1. The number of aromatic nitrogens is 3. The fourth-order valence-corrected chi connectivity index (χ4v) is 3.83. The van der Waals surface area contributed by atoms with E-state index in [1.165, 1.54) is 12.2 Å². The zero-order valence-electron chi connectivity index (χ0n) is 10.7. The third-order valence-electron chi connectivity index (χ3n) is 3.44. The Morgan fingerprint density at radius 2 is 2.21 bits per heavy atom. The average Bonchev–Trinajstić information content (AvgIpc) is 3.08. The van der Waals surface area contributed by atoms with Crippen LogP contribution in [0.5, 0.6) is 0 Å². The number of hydrogen-bond donors (Lipinski definition) is 1. The van der Waals surface area contributed by atoms with Crippen molar-refractivity contribution in [1.82, 2.24) is 14.8 Å². The predicted octanol–water partition coefficient (Wildman–Crippen LogP) is 2.87. The summed E-state index contributed by atoms with van der Waals surface area (Å²) in [7, 11) is 2.10. The molecule has 1 unspecified atom stereocenters. The monoisotopic (exact) mass is 292 g/mol. The molecule has 1 aromatic carbocycles. The normalized spacial score (nSPS) is 18.7. The van der Waals surface area contributed by atoms with Crippen LogP contribution in [0.3, 0.4) is 0 Å². The molecule has 1 aliphatic heterocycles. The molecule has 1 saturated heterocycles. The number of para-hydroxylation sites is 1. The van der Waals surface area contributed by atoms with Gasteiger partial charge in [-0.2, -0.15) is 11.8 Å². The van der Waals surface area contributed by atoms with Gasteiger partial charge < -0.3 is 4.90 Å². The van der Waals surface area contributed by atoms with Crippen LogP contribution in [0.1, 0.15) is 6.42 Å². The number of nitrogens with zero attached hydrogens (tertiary/aromatic N) is 3. The average molecular weight is 292 g/mol. The molecule has 2 aromatic rings. The Morgan fingerprint density at radius 1 is 1.42 bits per heavy atom. The van der Waals surface area contributed by atoms with Crippen LogP contribution in [0.15, 0.2) is 30.3 Å². The Hall–Kier alpha value is -1.27. The lowest BCUT2D eigenvalue weighted by Crippen LogP contribution is -2.33. The summed E-state index contributed by atoms with van der Waals surface area (Å²) >= 11 is 7.36. The van der Waals surface area contributed by atoms with Crippen LogP contribution in [0.25, 0.3) is 5.69 Å². The highest BCUT2D eigenvalue weighted by Crippen LogP contribution is 2.26. The zero-order valence-corrected chi connectivity index (χ0v) is 12.4. The van der Waals surface area contributed by atoms with E-state index in [2.05, 4.69) is 22.1 Å². The summed E-state index contributed by atoms with van der Waals surface area (Å²) in [5.41, 5.74) is 1.05. The van der Waals surface area contributed by atoms with Crippen LogP contribution in [0.4, 0.5) is 5.95 Å². The highest BCUT2D eigenvalue weighted by Gasteiger charge is 2.24. The summed E-state index contributed by atoms with van der Waals surface area (Å²) in [6.07, 6.45) is 1.20. The standard InChI is InChI=1S/C13H16N4S2/c1-16(11-7-8-19-9-11)12-14-15-13(18)17(12)10-5-3-2-4-6-10/h2-6,11H,7-9H2,1H3,(H,15,18). The molecule has 0 amide bonds. The van der Waals surface area contributed by atoms with Crippen molar-refractivity contribution in [2.24, 2.45) is 0 Å². The Bertz CT molecular complexity index is 599. The van der Waals surface area contributed by atoms with Gasteiger partial charge >= 0.3 is 0 Å². The molecule has 19 heavy (non-hydrogen) atoms. The van der Waals surface area contributed by atoms with Gasteiger partial charge in [0.2, 0.25) is 10.7 Å². The van der Waals surface area contributed by atoms with Crippen LogP contribution in [0, 0.1) is 4.77 Å². The van der Waals surface area contributed by atoms with Crippen molar-refractivity contribution in [3.63, 3.8) is 0 Å². The molecular formula is C13H16N4S2. The minimum atomic E-state index is 0.540. The highest BCUT2D eigenvalue weighted by atomic mass is 32.2. The number of rotatable bonds is 3. The van der Waals surface area contributed by atoms with Crippen molar-refractivity contribution < 1.29 is 0 Å². The number of thioether (sulfide) groups is 1. The zero-order chi connectivity index (χ0) is 13.2. The van der Waals surface area contributed by atoms with E-state index in [1.54, 1.807) is 0 Å². The molecule has 0 bridgehead atoms. The number of H-pyrrole nitrogens is 1. The Labute approximate surface area is 121 Å². The molecule has 1 aliphatic rings. The van der Waals surface area contributed by atoms with Gasteiger partial charge in [0.15, 0.2) is 0 Å². The van der Waals surface area contributed by atoms with E-state index in [1.807, 2.05) is 46.7 Å². The van der Waals surface area contributed by atoms with Crippen LogP contribution in [-0.4, -0.2) is 39.4 Å². The van der Waals surface area contributed by atoms with Crippen LogP contribution in [-0.2, 0) is 0 Å². The molecule has 0 spiro atoms. The molecule has 1 N–H and O–H groups in total. The lowest BCUT2D eigenvalue weighted by atomic mass is 10.2. The van der Waals surface area contributed by atoms with E-state index in [-0.39, 0.29) is 0 Å². The number of hydrogen-bond acceptors (Lipinski definition) is 4. The Balaban J connectivity index is 2.01. The van der Waals surface area contributed by atoms with Gasteiger partial charge in [-0.25, -0.2) is 5.10 Å². The molecule has 4 nitrogen and oxygen atoms in total. The molecule has 100 valence electrons. The Kier molecular flexibility index (Phi) is 3.61. The Morgan fingerprint density at radius 3 is 2.89 bits per heavy atom. The van der Waals surface area contributed by atoms with Crippen molar-refractivity contribution in [2.75, 3.05) is 23.5 Å². The maximum Gasteiger partial charge on any atom is 0.230 e. The van der Waals surface area contributed by atoms with Crippen molar-refractivity contribution in [3.05, 3.63) is 35.1 Å².